The summed E-state index contributed by atoms with van der Waals surface area (Å²) in [6.45, 7) is 8.31. The van der Waals surface area contributed by atoms with Gasteiger partial charge in [0, 0.05) is 44.3 Å². The Labute approximate surface area is 115 Å². The molecule has 2 N–H and O–H groups in total. The van der Waals surface area contributed by atoms with Gasteiger partial charge in [0.05, 0.1) is 0 Å². The Bertz CT molecular complexity index is 437. The van der Waals surface area contributed by atoms with E-state index < -0.39 is 0 Å². The van der Waals surface area contributed by atoms with E-state index in [4.69, 9.17) is 5.73 Å². The molecule has 0 atom stereocenters. The van der Waals surface area contributed by atoms with Crippen molar-refractivity contribution in [3.63, 3.8) is 0 Å². The van der Waals surface area contributed by atoms with Crippen molar-refractivity contribution < 1.29 is 4.79 Å². The quantitative estimate of drug-likeness (QED) is 0.892. The zero-order chi connectivity index (χ0) is 13.8. The van der Waals surface area contributed by atoms with Crippen LogP contribution in [0.3, 0.4) is 0 Å². The fraction of sp³-hybridized carbons (Fsp3) is 0.533. The fourth-order valence-electron chi connectivity index (χ4n) is 2.52. The molecule has 0 spiro atoms. The topological polar surface area (TPSA) is 49.6 Å². The third-order valence-corrected chi connectivity index (χ3v) is 3.80. The summed E-state index contributed by atoms with van der Waals surface area (Å²) in [6, 6.07) is 8.18. The van der Waals surface area contributed by atoms with Crippen LogP contribution in [0.25, 0.3) is 0 Å². The average Bonchev–Trinajstić information content (AvgIpc) is 2.46. The van der Waals surface area contributed by atoms with Crippen LogP contribution >= 0.6 is 0 Å². The number of benzene rings is 1. The SMILES string of the molecule is CC(C)N1CCN(C(=O)c2ccccc2CN)CC1. The molecule has 1 amide bonds. The summed E-state index contributed by atoms with van der Waals surface area (Å²) >= 11 is 0. The van der Waals surface area contributed by atoms with Gasteiger partial charge in [0.2, 0.25) is 0 Å². The highest BCUT2D eigenvalue weighted by Crippen LogP contribution is 2.14. The zero-order valence-electron chi connectivity index (χ0n) is 11.8. The van der Waals surface area contributed by atoms with Gasteiger partial charge in [0.15, 0.2) is 0 Å². The Morgan fingerprint density at radius 1 is 1.21 bits per heavy atom. The first-order chi connectivity index (χ1) is 9.13. The first-order valence-electron chi connectivity index (χ1n) is 6.94. The van der Waals surface area contributed by atoms with Crippen molar-refractivity contribution in [3.8, 4) is 0 Å². The molecule has 1 aromatic carbocycles. The standard InChI is InChI=1S/C15H23N3O/c1-12(2)17-7-9-18(10-8-17)15(19)14-6-4-3-5-13(14)11-16/h3-6,12H,7-11,16H2,1-2H3. The van der Waals surface area contributed by atoms with Crippen molar-refractivity contribution in [2.24, 2.45) is 5.73 Å². The second-order valence-corrected chi connectivity index (χ2v) is 5.28. The lowest BCUT2D eigenvalue weighted by Gasteiger charge is -2.37. The molecule has 104 valence electrons. The number of hydrogen-bond acceptors (Lipinski definition) is 3. The maximum absolute atomic E-state index is 12.5. The molecular formula is C15H23N3O. The molecule has 2 rings (SSSR count). The molecule has 4 nitrogen and oxygen atoms in total. The van der Waals surface area contributed by atoms with Crippen LogP contribution in [0.5, 0.6) is 0 Å². The zero-order valence-corrected chi connectivity index (χ0v) is 11.8. The molecule has 0 aliphatic carbocycles. The molecule has 4 heteroatoms. The minimum Gasteiger partial charge on any atom is -0.336 e. The van der Waals surface area contributed by atoms with Crippen LogP contribution in [0.1, 0.15) is 29.8 Å². The van der Waals surface area contributed by atoms with Gasteiger partial charge in [-0.3, -0.25) is 9.69 Å². The molecule has 1 aliphatic heterocycles. The number of nitrogens with two attached hydrogens (primary N) is 1. The van der Waals surface area contributed by atoms with Gasteiger partial charge in [0.25, 0.3) is 5.91 Å². The Hall–Kier alpha value is -1.39. The van der Waals surface area contributed by atoms with E-state index in [1.54, 1.807) is 0 Å². The second-order valence-electron chi connectivity index (χ2n) is 5.28. The van der Waals surface area contributed by atoms with Crippen molar-refractivity contribution in [1.82, 2.24) is 9.80 Å². The van der Waals surface area contributed by atoms with Crippen molar-refractivity contribution in [2.45, 2.75) is 26.4 Å². The van der Waals surface area contributed by atoms with Gasteiger partial charge in [-0.2, -0.15) is 0 Å². The van der Waals surface area contributed by atoms with Crippen LogP contribution in [0, 0.1) is 0 Å². The molecule has 1 saturated heterocycles. The lowest BCUT2D eigenvalue weighted by atomic mass is 10.1. The molecule has 1 fully saturated rings. The minimum absolute atomic E-state index is 0.115. The van der Waals surface area contributed by atoms with Crippen LogP contribution in [-0.2, 0) is 6.54 Å². The van der Waals surface area contributed by atoms with E-state index in [2.05, 4.69) is 18.7 Å². The van der Waals surface area contributed by atoms with E-state index in [1.165, 1.54) is 0 Å². The predicted molar refractivity (Wildman–Crippen MR) is 76.9 cm³/mol. The van der Waals surface area contributed by atoms with Crippen LogP contribution in [0.2, 0.25) is 0 Å². The Kier molecular flexibility index (Phi) is 4.56. The van der Waals surface area contributed by atoms with E-state index in [0.29, 0.717) is 12.6 Å². The first-order valence-corrected chi connectivity index (χ1v) is 6.94. The van der Waals surface area contributed by atoms with Gasteiger partial charge in [-0.25, -0.2) is 0 Å². The Morgan fingerprint density at radius 2 is 1.84 bits per heavy atom. The number of carbonyl (C=O) groups is 1. The molecule has 1 aliphatic rings. The highest BCUT2D eigenvalue weighted by Gasteiger charge is 2.24. The van der Waals surface area contributed by atoms with E-state index in [1.807, 2.05) is 29.2 Å². The molecule has 0 aromatic heterocycles. The number of piperazine rings is 1. The van der Waals surface area contributed by atoms with Crippen LogP contribution in [0.4, 0.5) is 0 Å². The second kappa shape index (κ2) is 6.17. The van der Waals surface area contributed by atoms with Crippen molar-refractivity contribution in [1.29, 1.82) is 0 Å². The molecule has 19 heavy (non-hydrogen) atoms. The largest absolute Gasteiger partial charge is 0.336 e. The molecular weight excluding hydrogens is 238 g/mol. The van der Waals surface area contributed by atoms with Crippen LogP contribution < -0.4 is 5.73 Å². The molecule has 0 saturated carbocycles. The van der Waals surface area contributed by atoms with Gasteiger partial charge >= 0.3 is 0 Å². The lowest BCUT2D eigenvalue weighted by Crippen LogP contribution is -2.50. The highest BCUT2D eigenvalue weighted by atomic mass is 16.2. The summed E-state index contributed by atoms with van der Waals surface area (Å²) in [5.41, 5.74) is 7.38. The minimum atomic E-state index is 0.115. The summed E-state index contributed by atoms with van der Waals surface area (Å²) in [6.07, 6.45) is 0. The van der Waals surface area contributed by atoms with Crippen LogP contribution in [0.15, 0.2) is 24.3 Å². The van der Waals surface area contributed by atoms with Gasteiger partial charge in [-0.05, 0) is 25.5 Å². The van der Waals surface area contributed by atoms with Crippen molar-refractivity contribution in [3.05, 3.63) is 35.4 Å². The molecule has 1 aromatic rings. The average molecular weight is 261 g/mol. The van der Waals surface area contributed by atoms with Gasteiger partial charge in [-0.1, -0.05) is 18.2 Å². The number of nitrogens with zero attached hydrogens (tertiary/aromatic N) is 2. The molecule has 0 unspecified atom stereocenters. The van der Waals surface area contributed by atoms with E-state index >= 15 is 0 Å². The number of hydrogen-bond donors (Lipinski definition) is 1. The third-order valence-electron chi connectivity index (χ3n) is 3.80. The van der Waals surface area contributed by atoms with Crippen LogP contribution in [-0.4, -0.2) is 47.9 Å². The number of carbonyl (C=O) groups excluding carboxylic acids is 1. The smallest absolute Gasteiger partial charge is 0.254 e. The van der Waals surface area contributed by atoms with E-state index in [9.17, 15) is 4.79 Å². The van der Waals surface area contributed by atoms with Crippen molar-refractivity contribution >= 4 is 5.91 Å². The summed E-state index contributed by atoms with van der Waals surface area (Å²) in [5, 5.41) is 0. The van der Waals surface area contributed by atoms with Gasteiger partial charge < -0.3 is 10.6 Å². The molecule has 1 heterocycles. The lowest BCUT2D eigenvalue weighted by molar-refractivity contribution is 0.0594. The molecule has 0 bridgehead atoms. The first kappa shape index (κ1) is 14.0. The summed E-state index contributed by atoms with van der Waals surface area (Å²) in [5.74, 6) is 0.115. The highest BCUT2D eigenvalue weighted by molar-refractivity contribution is 5.95. The maximum atomic E-state index is 12.5. The van der Waals surface area contributed by atoms with Gasteiger partial charge in [-0.15, -0.1) is 0 Å². The maximum Gasteiger partial charge on any atom is 0.254 e. The fourth-order valence-corrected chi connectivity index (χ4v) is 2.52. The predicted octanol–water partition coefficient (Wildman–Crippen LogP) is 1.31. The number of amides is 1. The number of rotatable bonds is 3. The summed E-state index contributed by atoms with van der Waals surface area (Å²) in [4.78, 5) is 16.8. The summed E-state index contributed by atoms with van der Waals surface area (Å²) < 4.78 is 0. The van der Waals surface area contributed by atoms with E-state index in [-0.39, 0.29) is 5.91 Å². The monoisotopic (exact) mass is 261 g/mol. The Morgan fingerprint density at radius 3 is 2.42 bits per heavy atom. The van der Waals surface area contributed by atoms with Crippen molar-refractivity contribution in [2.75, 3.05) is 26.2 Å². The normalized spacial score (nSPS) is 16.9. The Balaban J connectivity index is 2.05. The molecule has 0 radical (unpaired) electrons. The van der Waals surface area contributed by atoms with Gasteiger partial charge in [0.1, 0.15) is 0 Å². The third kappa shape index (κ3) is 3.14. The summed E-state index contributed by atoms with van der Waals surface area (Å²) in [7, 11) is 0. The van der Waals surface area contributed by atoms with E-state index in [0.717, 1.165) is 37.3 Å².